The maximum absolute atomic E-state index is 11.9. The summed E-state index contributed by atoms with van der Waals surface area (Å²) in [7, 11) is 1.28. The van der Waals surface area contributed by atoms with Crippen molar-refractivity contribution in [3.8, 4) is 17.2 Å². The Bertz CT molecular complexity index is 983. The van der Waals surface area contributed by atoms with Gasteiger partial charge in [-0.1, -0.05) is 6.07 Å². The summed E-state index contributed by atoms with van der Waals surface area (Å²) in [5, 5.41) is 19.1. The highest BCUT2D eigenvalue weighted by Crippen LogP contribution is 2.30. The van der Waals surface area contributed by atoms with Crippen LogP contribution in [-0.2, 0) is 11.3 Å². The van der Waals surface area contributed by atoms with Crippen molar-refractivity contribution in [3.05, 3.63) is 52.8 Å². The topological polar surface area (TPSA) is 99.0 Å². The number of H-pyrrole nitrogens is 1. The third kappa shape index (κ3) is 2.62. The minimum absolute atomic E-state index is 0.244. The fourth-order valence-corrected chi connectivity index (χ4v) is 2.74. The van der Waals surface area contributed by atoms with E-state index in [1.165, 1.54) is 13.2 Å². The predicted molar refractivity (Wildman–Crippen MR) is 88.2 cm³/mol. The van der Waals surface area contributed by atoms with Crippen molar-refractivity contribution in [2.75, 3.05) is 7.11 Å². The molecule has 3 rings (SSSR count). The molecule has 0 aliphatic carbocycles. The number of rotatable bonds is 3. The number of aromatic amines is 1. The molecule has 0 fully saturated rings. The highest BCUT2D eigenvalue weighted by molar-refractivity contribution is 5.93. The molecule has 6 heteroatoms. The van der Waals surface area contributed by atoms with Gasteiger partial charge in [-0.3, -0.25) is 0 Å². The average molecular weight is 321 g/mol. The molecule has 0 bridgehead atoms. The summed E-state index contributed by atoms with van der Waals surface area (Å²) in [5.41, 5.74) is 4.02. The zero-order chi connectivity index (χ0) is 17.3. The van der Waals surface area contributed by atoms with E-state index < -0.39 is 5.97 Å². The van der Waals surface area contributed by atoms with Crippen LogP contribution < -0.4 is 0 Å². The van der Waals surface area contributed by atoms with Gasteiger partial charge < -0.3 is 14.8 Å². The van der Waals surface area contributed by atoms with E-state index in [0.29, 0.717) is 11.1 Å². The SMILES string of the molecule is COC(=O)c1cc(C#N)c(CO)c(-c2ccc3[nH]c(C)nc3c2)c1. The number of hydrogen-bond donors (Lipinski definition) is 2. The molecular formula is C18H15N3O3. The molecule has 1 heterocycles. The summed E-state index contributed by atoms with van der Waals surface area (Å²) in [5.74, 6) is 0.263. The number of fused-ring (bicyclic) bond motifs is 1. The van der Waals surface area contributed by atoms with E-state index in [1.807, 2.05) is 31.2 Å². The van der Waals surface area contributed by atoms with Gasteiger partial charge in [0.1, 0.15) is 5.82 Å². The van der Waals surface area contributed by atoms with Gasteiger partial charge in [0.25, 0.3) is 0 Å². The summed E-state index contributed by atoms with van der Waals surface area (Å²) in [6.45, 7) is 1.56. The molecular weight excluding hydrogens is 306 g/mol. The Balaban J connectivity index is 2.26. The van der Waals surface area contributed by atoms with Gasteiger partial charge in [0.05, 0.1) is 41.9 Å². The first-order valence-electron chi connectivity index (χ1n) is 7.30. The average Bonchev–Trinajstić information content (AvgIpc) is 2.98. The second-order valence-electron chi connectivity index (χ2n) is 5.37. The number of benzene rings is 2. The minimum Gasteiger partial charge on any atom is -0.465 e. The van der Waals surface area contributed by atoms with Crippen molar-refractivity contribution in [1.82, 2.24) is 9.97 Å². The lowest BCUT2D eigenvalue weighted by Crippen LogP contribution is -2.05. The molecule has 0 amide bonds. The monoisotopic (exact) mass is 321 g/mol. The smallest absolute Gasteiger partial charge is 0.337 e. The molecule has 0 spiro atoms. The first kappa shape index (κ1) is 15.7. The van der Waals surface area contributed by atoms with Gasteiger partial charge in [-0.15, -0.1) is 0 Å². The molecule has 3 aromatic rings. The summed E-state index contributed by atoms with van der Waals surface area (Å²) in [6.07, 6.45) is 0. The zero-order valence-electron chi connectivity index (χ0n) is 13.3. The number of methoxy groups -OCH3 is 1. The Morgan fingerprint density at radius 2 is 2.17 bits per heavy atom. The van der Waals surface area contributed by atoms with Crippen LogP contribution in [0.15, 0.2) is 30.3 Å². The van der Waals surface area contributed by atoms with Crippen LogP contribution >= 0.6 is 0 Å². The first-order chi connectivity index (χ1) is 11.6. The maximum Gasteiger partial charge on any atom is 0.337 e. The molecule has 2 aromatic carbocycles. The number of nitrogens with zero attached hydrogens (tertiary/aromatic N) is 2. The number of imidazole rings is 1. The highest BCUT2D eigenvalue weighted by atomic mass is 16.5. The molecule has 2 N–H and O–H groups in total. The standard InChI is InChI=1S/C18H15N3O3/c1-10-20-16-4-3-11(7-17(16)21-10)14-6-12(18(23)24-2)5-13(8-19)15(14)9-22/h3-7,22H,9H2,1-2H3,(H,20,21). The van der Waals surface area contributed by atoms with Gasteiger partial charge in [-0.05, 0) is 42.3 Å². The fourth-order valence-electron chi connectivity index (χ4n) is 2.74. The molecule has 0 atom stereocenters. The van der Waals surface area contributed by atoms with Crippen LogP contribution in [0.2, 0.25) is 0 Å². The third-order valence-electron chi connectivity index (χ3n) is 3.86. The van der Waals surface area contributed by atoms with Crippen LogP contribution in [0.5, 0.6) is 0 Å². The summed E-state index contributed by atoms with van der Waals surface area (Å²) >= 11 is 0. The van der Waals surface area contributed by atoms with Gasteiger partial charge in [0.15, 0.2) is 0 Å². The highest BCUT2D eigenvalue weighted by Gasteiger charge is 2.16. The third-order valence-corrected chi connectivity index (χ3v) is 3.86. The van der Waals surface area contributed by atoms with Crippen molar-refractivity contribution in [2.45, 2.75) is 13.5 Å². The number of nitriles is 1. The minimum atomic E-state index is -0.533. The van der Waals surface area contributed by atoms with Crippen molar-refractivity contribution >= 4 is 17.0 Å². The Hall–Kier alpha value is -3.17. The quantitative estimate of drug-likeness (QED) is 0.723. The first-order valence-corrected chi connectivity index (χ1v) is 7.30. The van der Waals surface area contributed by atoms with Gasteiger partial charge in [0.2, 0.25) is 0 Å². The summed E-state index contributed by atoms with van der Waals surface area (Å²) < 4.78 is 4.75. The molecule has 120 valence electrons. The maximum atomic E-state index is 11.9. The molecule has 24 heavy (non-hydrogen) atoms. The number of ether oxygens (including phenoxy) is 1. The number of aliphatic hydroxyl groups excluding tert-OH is 1. The number of aromatic nitrogens is 2. The summed E-state index contributed by atoms with van der Waals surface area (Å²) in [4.78, 5) is 19.4. The van der Waals surface area contributed by atoms with Gasteiger partial charge in [-0.25, -0.2) is 9.78 Å². The van der Waals surface area contributed by atoms with E-state index >= 15 is 0 Å². The van der Waals surface area contributed by atoms with Gasteiger partial charge >= 0.3 is 5.97 Å². The molecule has 6 nitrogen and oxygen atoms in total. The van der Waals surface area contributed by atoms with Crippen LogP contribution in [0.1, 0.15) is 27.3 Å². The predicted octanol–water partition coefficient (Wildman–Crippen LogP) is 2.69. The van der Waals surface area contributed by atoms with Crippen molar-refractivity contribution in [1.29, 1.82) is 5.26 Å². The largest absolute Gasteiger partial charge is 0.465 e. The molecule has 1 aromatic heterocycles. The Kier molecular flexibility index (Phi) is 4.02. The van der Waals surface area contributed by atoms with Crippen molar-refractivity contribution in [2.24, 2.45) is 0 Å². The lowest BCUT2D eigenvalue weighted by molar-refractivity contribution is 0.0600. The number of esters is 1. The summed E-state index contributed by atoms with van der Waals surface area (Å²) in [6, 6.07) is 10.7. The van der Waals surface area contributed by atoms with E-state index in [2.05, 4.69) is 9.97 Å². The number of carbonyl (C=O) groups is 1. The molecule has 0 aliphatic rings. The molecule has 0 unspecified atom stereocenters. The van der Waals surface area contributed by atoms with Crippen molar-refractivity contribution < 1.29 is 14.6 Å². The Morgan fingerprint density at radius 1 is 1.38 bits per heavy atom. The Labute approximate surface area is 138 Å². The van der Waals surface area contributed by atoms with E-state index in [9.17, 15) is 15.2 Å². The van der Waals surface area contributed by atoms with Crippen LogP contribution in [0.25, 0.3) is 22.2 Å². The van der Waals surface area contributed by atoms with E-state index in [-0.39, 0.29) is 17.7 Å². The number of carbonyl (C=O) groups excluding carboxylic acids is 1. The fraction of sp³-hybridized carbons (Fsp3) is 0.167. The van der Waals surface area contributed by atoms with Crippen LogP contribution in [0.4, 0.5) is 0 Å². The van der Waals surface area contributed by atoms with E-state index in [0.717, 1.165) is 22.4 Å². The number of hydrogen-bond acceptors (Lipinski definition) is 5. The van der Waals surface area contributed by atoms with Crippen LogP contribution in [-0.4, -0.2) is 28.2 Å². The van der Waals surface area contributed by atoms with E-state index in [4.69, 9.17) is 4.74 Å². The molecule has 0 saturated carbocycles. The normalized spacial score (nSPS) is 10.6. The zero-order valence-corrected chi connectivity index (χ0v) is 13.3. The Morgan fingerprint density at radius 3 is 2.83 bits per heavy atom. The molecule has 0 saturated heterocycles. The lowest BCUT2D eigenvalue weighted by atomic mass is 9.93. The number of aliphatic hydroxyl groups is 1. The lowest BCUT2D eigenvalue weighted by Gasteiger charge is -2.12. The van der Waals surface area contributed by atoms with Crippen LogP contribution in [0.3, 0.4) is 0 Å². The van der Waals surface area contributed by atoms with Crippen molar-refractivity contribution in [3.63, 3.8) is 0 Å². The number of aryl methyl sites for hydroxylation is 1. The van der Waals surface area contributed by atoms with Gasteiger partial charge in [-0.2, -0.15) is 5.26 Å². The molecule has 0 radical (unpaired) electrons. The van der Waals surface area contributed by atoms with Crippen LogP contribution in [0, 0.1) is 18.3 Å². The second kappa shape index (κ2) is 6.14. The van der Waals surface area contributed by atoms with Gasteiger partial charge in [0, 0.05) is 5.56 Å². The number of nitrogens with one attached hydrogen (secondary N) is 1. The molecule has 0 aliphatic heterocycles. The van der Waals surface area contributed by atoms with E-state index in [1.54, 1.807) is 6.07 Å². The second-order valence-corrected chi connectivity index (χ2v) is 5.37.